The SMILES string of the molecule is CC(C)CCCCC[N+](C)(CCCCCC(C)C)CCCCCC(C)C. The standard InChI is InChI=1S/C25H54N/c1-23(2)17-11-8-14-20-26(7,21-15-9-12-18-24(3)4)22-16-10-13-19-25(5)6/h23-25H,8-22H2,1-7H3/q+1. The monoisotopic (exact) mass is 368 g/mol. The van der Waals surface area contributed by atoms with Gasteiger partial charge in [0.2, 0.25) is 0 Å². The van der Waals surface area contributed by atoms with Crippen molar-refractivity contribution in [1.82, 2.24) is 0 Å². The molecule has 0 N–H and O–H groups in total. The fourth-order valence-corrected chi connectivity index (χ4v) is 4.00. The van der Waals surface area contributed by atoms with E-state index in [4.69, 9.17) is 0 Å². The van der Waals surface area contributed by atoms with Gasteiger partial charge in [-0.2, -0.15) is 0 Å². The van der Waals surface area contributed by atoms with E-state index in [-0.39, 0.29) is 0 Å². The van der Waals surface area contributed by atoms with Crippen molar-refractivity contribution in [2.75, 3.05) is 26.7 Å². The minimum Gasteiger partial charge on any atom is -0.326 e. The van der Waals surface area contributed by atoms with Gasteiger partial charge in [-0.15, -0.1) is 0 Å². The van der Waals surface area contributed by atoms with E-state index in [2.05, 4.69) is 48.6 Å². The summed E-state index contributed by atoms with van der Waals surface area (Å²) in [5.41, 5.74) is 0. The summed E-state index contributed by atoms with van der Waals surface area (Å²) in [6.07, 6.45) is 17.1. The molecule has 0 aliphatic carbocycles. The van der Waals surface area contributed by atoms with E-state index in [0.717, 1.165) is 17.8 Å². The highest BCUT2D eigenvalue weighted by molar-refractivity contribution is 4.53. The van der Waals surface area contributed by atoms with Crippen LogP contribution in [-0.4, -0.2) is 31.2 Å². The quantitative estimate of drug-likeness (QED) is 0.169. The first-order valence-corrected chi connectivity index (χ1v) is 12.1. The topological polar surface area (TPSA) is 0 Å². The van der Waals surface area contributed by atoms with Gasteiger partial charge in [-0.05, 0) is 56.3 Å². The van der Waals surface area contributed by atoms with E-state index in [1.165, 1.54) is 101 Å². The third-order valence-corrected chi connectivity index (χ3v) is 5.94. The van der Waals surface area contributed by atoms with Crippen LogP contribution in [0.2, 0.25) is 0 Å². The molecule has 26 heavy (non-hydrogen) atoms. The van der Waals surface area contributed by atoms with Crippen LogP contribution in [0.1, 0.15) is 119 Å². The molecule has 0 saturated carbocycles. The normalized spacial score (nSPS) is 12.7. The number of rotatable bonds is 18. The lowest BCUT2D eigenvalue weighted by atomic mass is 10.0. The molecule has 1 heteroatoms. The van der Waals surface area contributed by atoms with Gasteiger partial charge >= 0.3 is 0 Å². The molecule has 1 nitrogen and oxygen atoms in total. The third-order valence-electron chi connectivity index (χ3n) is 5.94. The van der Waals surface area contributed by atoms with Crippen LogP contribution in [0.25, 0.3) is 0 Å². The predicted molar refractivity (Wildman–Crippen MR) is 121 cm³/mol. The summed E-state index contributed by atoms with van der Waals surface area (Å²) < 4.78 is 1.34. The number of nitrogens with zero attached hydrogens (tertiary/aromatic N) is 1. The van der Waals surface area contributed by atoms with Crippen molar-refractivity contribution in [2.45, 2.75) is 119 Å². The Morgan fingerprint density at radius 1 is 0.423 bits per heavy atom. The number of hydrogen-bond acceptors (Lipinski definition) is 0. The van der Waals surface area contributed by atoms with Crippen molar-refractivity contribution < 1.29 is 4.48 Å². The molecule has 0 unspecified atom stereocenters. The zero-order valence-corrected chi connectivity index (χ0v) is 19.8. The van der Waals surface area contributed by atoms with Gasteiger partial charge in [0.25, 0.3) is 0 Å². The van der Waals surface area contributed by atoms with E-state index in [1.54, 1.807) is 0 Å². The van der Waals surface area contributed by atoms with Crippen molar-refractivity contribution in [3.63, 3.8) is 0 Å². The lowest BCUT2D eigenvalue weighted by molar-refractivity contribution is -0.910. The van der Waals surface area contributed by atoms with Crippen molar-refractivity contribution in [2.24, 2.45) is 17.8 Å². The maximum Gasteiger partial charge on any atom is 0.0784 e. The highest BCUT2D eigenvalue weighted by Gasteiger charge is 2.20. The van der Waals surface area contributed by atoms with Crippen molar-refractivity contribution >= 4 is 0 Å². The number of unbranched alkanes of at least 4 members (excludes halogenated alkanes) is 6. The molecule has 0 aromatic carbocycles. The molecule has 0 heterocycles. The van der Waals surface area contributed by atoms with Crippen LogP contribution in [-0.2, 0) is 0 Å². The van der Waals surface area contributed by atoms with Crippen LogP contribution in [0.15, 0.2) is 0 Å². The second-order valence-electron chi connectivity index (χ2n) is 10.5. The van der Waals surface area contributed by atoms with E-state index in [1.807, 2.05) is 0 Å². The lowest BCUT2D eigenvalue weighted by Gasteiger charge is -2.35. The molecule has 158 valence electrons. The molecule has 0 amide bonds. The number of hydrogen-bond donors (Lipinski definition) is 0. The van der Waals surface area contributed by atoms with E-state index < -0.39 is 0 Å². The summed E-state index contributed by atoms with van der Waals surface area (Å²) >= 11 is 0. The van der Waals surface area contributed by atoms with Gasteiger partial charge < -0.3 is 4.48 Å². The summed E-state index contributed by atoms with van der Waals surface area (Å²) in [4.78, 5) is 0. The fourth-order valence-electron chi connectivity index (χ4n) is 4.00. The Labute approximate surface area is 167 Å². The molecular formula is C25H54N+. The van der Waals surface area contributed by atoms with Crippen LogP contribution in [0, 0.1) is 17.8 Å². The van der Waals surface area contributed by atoms with E-state index in [9.17, 15) is 0 Å². The van der Waals surface area contributed by atoms with Gasteiger partial charge in [-0.1, -0.05) is 80.1 Å². The van der Waals surface area contributed by atoms with Crippen molar-refractivity contribution in [3.05, 3.63) is 0 Å². The molecule has 0 spiro atoms. The molecular weight excluding hydrogens is 314 g/mol. The minimum atomic E-state index is 0.873. The second kappa shape index (κ2) is 16.0. The molecule has 0 aromatic rings. The maximum atomic E-state index is 2.55. The van der Waals surface area contributed by atoms with Gasteiger partial charge in [0.05, 0.1) is 26.7 Å². The Morgan fingerprint density at radius 2 is 0.692 bits per heavy atom. The zero-order valence-electron chi connectivity index (χ0n) is 19.8. The molecule has 0 aliphatic rings. The maximum absolute atomic E-state index is 2.55. The second-order valence-corrected chi connectivity index (χ2v) is 10.5. The summed E-state index contributed by atoms with van der Waals surface area (Å²) in [5, 5.41) is 0. The average Bonchev–Trinajstić information content (AvgIpc) is 2.53. The molecule has 0 radical (unpaired) electrons. The molecule has 0 bridgehead atoms. The first kappa shape index (κ1) is 26.0. The minimum absolute atomic E-state index is 0.873. The van der Waals surface area contributed by atoms with Crippen molar-refractivity contribution in [3.8, 4) is 0 Å². The zero-order chi connectivity index (χ0) is 19.8. The van der Waals surface area contributed by atoms with Gasteiger partial charge in [0, 0.05) is 0 Å². The van der Waals surface area contributed by atoms with Gasteiger partial charge in [-0.3, -0.25) is 0 Å². The molecule has 0 aromatic heterocycles. The third kappa shape index (κ3) is 17.4. The summed E-state index contributed by atoms with van der Waals surface area (Å²) in [6, 6.07) is 0. The fraction of sp³-hybridized carbons (Fsp3) is 1.00. The largest absolute Gasteiger partial charge is 0.326 e. The van der Waals surface area contributed by atoms with Crippen LogP contribution < -0.4 is 0 Å². The lowest BCUT2D eigenvalue weighted by Crippen LogP contribution is -2.46. The molecule has 0 aliphatic heterocycles. The Bertz CT molecular complexity index is 247. The summed E-state index contributed by atoms with van der Waals surface area (Å²) in [6.45, 7) is 18.4. The molecule has 0 atom stereocenters. The Hall–Kier alpha value is -0.0400. The van der Waals surface area contributed by atoms with E-state index in [0.29, 0.717) is 0 Å². The Balaban J connectivity index is 4.14. The van der Waals surface area contributed by atoms with Gasteiger partial charge in [0.1, 0.15) is 0 Å². The van der Waals surface area contributed by atoms with Crippen LogP contribution in [0.3, 0.4) is 0 Å². The Morgan fingerprint density at radius 3 is 0.923 bits per heavy atom. The predicted octanol–water partition coefficient (Wildman–Crippen LogP) is 8.08. The number of quaternary nitrogens is 1. The summed E-state index contributed by atoms with van der Waals surface area (Å²) in [7, 11) is 2.55. The van der Waals surface area contributed by atoms with Crippen LogP contribution in [0.5, 0.6) is 0 Å². The van der Waals surface area contributed by atoms with Gasteiger partial charge in [0.15, 0.2) is 0 Å². The summed E-state index contributed by atoms with van der Waals surface area (Å²) in [5.74, 6) is 2.62. The highest BCUT2D eigenvalue weighted by Crippen LogP contribution is 2.17. The smallest absolute Gasteiger partial charge is 0.0784 e. The van der Waals surface area contributed by atoms with Crippen LogP contribution >= 0.6 is 0 Å². The molecule has 0 rings (SSSR count). The first-order chi connectivity index (χ1) is 12.2. The Kier molecular flexibility index (Phi) is 15.9. The molecule has 0 fully saturated rings. The first-order valence-electron chi connectivity index (χ1n) is 12.1. The van der Waals surface area contributed by atoms with Crippen molar-refractivity contribution in [1.29, 1.82) is 0 Å². The van der Waals surface area contributed by atoms with Gasteiger partial charge in [-0.25, -0.2) is 0 Å². The van der Waals surface area contributed by atoms with E-state index >= 15 is 0 Å². The average molecular weight is 369 g/mol. The highest BCUT2D eigenvalue weighted by atomic mass is 15.3. The van der Waals surface area contributed by atoms with Crippen LogP contribution in [0.4, 0.5) is 0 Å². The molecule has 0 saturated heterocycles.